The Morgan fingerprint density at radius 1 is 1.58 bits per heavy atom. The molecule has 1 unspecified atom stereocenters. The SMILES string of the molecule is O=[N+]([O-])OCC=CC(O)[C@]1(O)CO[C@@H]2[C@@H](O)CO[C@@H]21. The maximum absolute atomic E-state index is 10.3. The number of ether oxygens (including phenoxy) is 2. The third-order valence-corrected chi connectivity index (χ3v) is 3.23. The smallest absolute Gasteiger partial charge is 0.294 e. The topological polar surface area (TPSA) is 132 Å². The van der Waals surface area contributed by atoms with Crippen molar-refractivity contribution in [1.82, 2.24) is 0 Å². The van der Waals surface area contributed by atoms with Crippen LogP contribution in [0.3, 0.4) is 0 Å². The van der Waals surface area contributed by atoms with Crippen LogP contribution >= 0.6 is 0 Å². The van der Waals surface area contributed by atoms with E-state index < -0.39 is 35.1 Å². The predicted molar refractivity (Wildman–Crippen MR) is 58.5 cm³/mol. The minimum atomic E-state index is -1.69. The molecule has 19 heavy (non-hydrogen) atoms. The summed E-state index contributed by atoms with van der Waals surface area (Å²) in [6.07, 6.45) is -1.31. The first-order chi connectivity index (χ1) is 8.95. The summed E-state index contributed by atoms with van der Waals surface area (Å²) in [5.74, 6) is 0. The zero-order valence-electron chi connectivity index (χ0n) is 9.92. The van der Waals surface area contributed by atoms with Crippen molar-refractivity contribution in [2.45, 2.75) is 30.0 Å². The first-order valence-corrected chi connectivity index (χ1v) is 5.71. The molecule has 9 nitrogen and oxygen atoms in total. The molecule has 2 aliphatic heterocycles. The fourth-order valence-electron chi connectivity index (χ4n) is 2.24. The molecule has 108 valence electrons. The zero-order chi connectivity index (χ0) is 14.0. The molecule has 2 fully saturated rings. The van der Waals surface area contributed by atoms with Gasteiger partial charge in [0.2, 0.25) is 0 Å². The van der Waals surface area contributed by atoms with Crippen LogP contribution in [0.15, 0.2) is 12.2 Å². The van der Waals surface area contributed by atoms with Gasteiger partial charge in [0.1, 0.15) is 36.6 Å². The second-order valence-corrected chi connectivity index (χ2v) is 4.48. The number of hydrogen-bond acceptors (Lipinski definition) is 8. The number of hydrogen-bond donors (Lipinski definition) is 3. The Labute approximate surface area is 108 Å². The second-order valence-electron chi connectivity index (χ2n) is 4.48. The number of aliphatic hydroxyl groups is 3. The van der Waals surface area contributed by atoms with Crippen LogP contribution in [-0.2, 0) is 14.3 Å². The third kappa shape index (κ3) is 2.69. The van der Waals surface area contributed by atoms with Gasteiger partial charge in [0, 0.05) is 0 Å². The van der Waals surface area contributed by atoms with Crippen LogP contribution in [0.1, 0.15) is 0 Å². The van der Waals surface area contributed by atoms with Gasteiger partial charge in [0.05, 0.1) is 13.2 Å². The maximum Gasteiger partial charge on any atom is 0.294 e. The van der Waals surface area contributed by atoms with Crippen LogP contribution in [0, 0.1) is 10.1 Å². The monoisotopic (exact) mass is 277 g/mol. The van der Waals surface area contributed by atoms with Gasteiger partial charge in [0.25, 0.3) is 5.09 Å². The Bertz CT molecular complexity index is 375. The van der Waals surface area contributed by atoms with E-state index in [-0.39, 0.29) is 19.8 Å². The van der Waals surface area contributed by atoms with Gasteiger partial charge in [0.15, 0.2) is 0 Å². The molecule has 2 aliphatic rings. The third-order valence-electron chi connectivity index (χ3n) is 3.23. The normalized spacial score (nSPS) is 39.4. The summed E-state index contributed by atoms with van der Waals surface area (Å²) in [7, 11) is 0. The average molecular weight is 277 g/mol. The van der Waals surface area contributed by atoms with Gasteiger partial charge in [-0.05, 0) is 0 Å². The molecule has 0 radical (unpaired) electrons. The lowest BCUT2D eigenvalue weighted by Gasteiger charge is -2.29. The highest BCUT2D eigenvalue weighted by molar-refractivity contribution is 5.12. The highest BCUT2D eigenvalue weighted by atomic mass is 16.9. The summed E-state index contributed by atoms with van der Waals surface area (Å²) in [4.78, 5) is 14.0. The van der Waals surface area contributed by atoms with Gasteiger partial charge in [-0.15, -0.1) is 10.1 Å². The molecule has 9 heteroatoms. The summed E-state index contributed by atoms with van der Waals surface area (Å²) >= 11 is 0. The number of rotatable bonds is 5. The summed E-state index contributed by atoms with van der Waals surface area (Å²) in [6, 6.07) is 0. The first kappa shape index (κ1) is 14.2. The van der Waals surface area contributed by atoms with Crippen LogP contribution in [0.2, 0.25) is 0 Å². The Kier molecular flexibility index (Phi) is 4.02. The Morgan fingerprint density at radius 2 is 2.32 bits per heavy atom. The molecule has 0 spiro atoms. The second kappa shape index (κ2) is 5.39. The van der Waals surface area contributed by atoms with E-state index in [1.807, 2.05) is 0 Å². The fourth-order valence-corrected chi connectivity index (χ4v) is 2.24. The van der Waals surface area contributed by atoms with Crippen molar-refractivity contribution in [3.8, 4) is 0 Å². The Morgan fingerprint density at radius 3 is 3.00 bits per heavy atom. The molecule has 0 aromatic carbocycles. The molecule has 2 saturated heterocycles. The van der Waals surface area contributed by atoms with Crippen molar-refractivity contribution in [2.24, 2.45) is 0 Å². The zero-order valence-corrected chi connectivity index (χ0v) is 9.92. The van der Waals surface area contributed by atoms with E-state index >= 15 is 0 Å². The molecule has 0 aromatic heterocycles. The largest absolute Gasteiger partial charge is 0.388 e. The molecular formula is C10H15NO8. The lowest BCUT2D eigenvalue weighted by Crippen LogP contribution is -2.52. The van der Waals surface area contributed by atoms with Gasteiger partial charge in [-0.2, -0.15) is 0 Å². The summed E-state index contributed by atoms with van der Waals surface area (Å²) < 4.78 is 10.4. The number of fused-ring (bicyclic) bond motifs is 1. The average Bonchev–Trinajstić information content (AvgIpc) is 2.88. The lowest BCUT2D eigenvalue weighted by molar-refractivity contribution is -0.755. The molecule has 5 atom stereocenters. The summed E-state index contributed by atoms with van der Waals surface area (Å²) in [5.41, 5.74) is -1.69. The van der Waals surface area contributed by atoms with E-state index in [0.29, 0.717) is 0 Å². The molecule has 0 saturated carbocycles. The number of nitrogens with zero attached hydrogens (tertiary/aromatic N) is 1. The molecule has 2 heterocycles. The Hall–Kier alpha value is -1.26. The minimum absolute atomic E-state index is 0.0263. The molecule has 0 aliphatic carbocycles. The molecule has 2 rings (SSSR count). The lowest BCUT2D eigenvalue weighted by atomic mass is 9.90. The van der Waals surface area contributed by atoms with Gasteiger partial charge in [-0.3, -0.25) is 0 Å². The Balaban J connectivity index is 1.94. The van der Waals surface area contributed by atoms with Crippen LogP contribution < -0.4 is 0 Å². The molecule has 0 aromatic rings. The molecule has 0 amide bonds. The van der Waals surface area contributed by atoms with E-state index in [4.69, 9.17) is 9.47 Å². The van der Waals surface area contributed by atoms with Crippen molar-refractivity contribution < 1.29 is 34.7 Å². The van der Waals surface area contributed by atoms with Crippen LogP contribution in [0.25, 0.3) is 0 Å². The van der Waals surface area contributed by atoms with Gasteiger partial charge in [-0.25, -0.2) is 0 Å². The van der Waals surface area contributed by atoms with Crippen molar-refractivity contribution in [2.75, 3.05) is 19.8 Å². The molecular weight excluding hydrogens is 262 g/mol. The predicted octanol–water partition coefficient (Wildman–Crippen LogP) is -2.00. The van der Waals surface area contributed by atoms with E-state index in [1.54, 1.807) is 0 Å². The van der Waals surface area contributed by atoms with Crippen molar-refractivity contribution in [3.05, 3.63) is 22.3 Å². The van der Waals surface area contributed by atoms with E-state index in [9.17, 15) is 25.4 Å². The first-order valence-electron chi connectivity index (χ1n) is 5.71. The van der Waals surface area contributed by atoms with Gasteiger partial charge in [-0.1, -0.05) is 12.2 Å². The highest BCUT2D eigenvalue weighted by Crippen LogP contribution is 2.36. The minimum Gasteiger partial charge on any atom is -0.388 e. The quantitative estimate of drug-likeness (QED) is 0.299. The van der Waals surface area contributed by atoms with Gasteiger partial charge >= 0.3 is 0 Å². The van der Waals surface area contributed by atoms with Crippen LogP contribution in [-0.4, -0.2) is 70.2 Å². The van der Waals surface area contributed by atoms with Crippen molar-refractivity contribution in [3.63, 3.8) is 0 Å². The van der Waals surface area contributed by atoms with E-state index in [2.05, 4.69) is 4.84 Å². The summed E-state index contributed by atoms with van der Waals surface area (Å²) in [6.45, 7) is -0.502. The van der Waals surface area contributed by atoms with Crippen molar-refractivity contribution in [1.29, 1.82) is 0 Å². The van der Waals surface area contributed by atoms with Crippen LogP contribution in [0.4, 0.5) is 0 Å². The van der Waals surface area contributed by atoms with Gasteiger partial charge < -0.3 is 29.6 Å². The fraction of sp³-hybridized carbons (Fsp3) is 0.800. The van der Waals surface area contributed by atoms with Crippen molar-refractivity contribution >= 4 is 0 Å². The highest BCUT2D eigenvalue weighted by Gasteiger charge is 2.58. The molecule has 3 N–H and O–H groups in total. The van der Waals surface area contributed by atoms with E-state index in [1.165, 1.54) is 12.2 Å². The standard InChI is InChI=1S/C10H15NO8/c12-6-4-17-9-8(6)18-5-10(9,14)7(13)2-1-3-19-11(15)16/h1-2,6-9,12-14H,3-5H2/t6-,7?,8+,9-,10+/m0/s1. The number of aliphatic hydroxyl groups excluding tert-OH is 2. The van der Waals surface area contributed by atoms with Crippen LogP contribution in [0.5, 0.6) is 0 Å². The summed E-state index contributed by atoms with van der Waals surface area (Å²) in [5, 5.41) is 38.7. The van der Waals surface area contributed by atoms with E-state index in [0.717, 1.165) is 0 Å². The maximum atomic E-state index is 10.3. The molecule has 0 bridgehead atoms.